The summed E-state index contributed by atoms with van der Waals surface area (Å²) >= 11 is 3.46. The van der Waals surface area contributed by atoms with Gasteiger partial charge in [-0.05, 0) is 133 Å². The van der Waals surface area contributed by atoms with Gasteiger partial charge in [0.25, 0.3) is 11.9 Å². The fraction of sp³-hybridized carbons (Fsp3) is 0.177. The quantitative estimate of drug-likeness (QED) is 0.0578. The Bertz CT molecular complexity index is 6760. The molecule has 14 aromatic rings. The number of hydrogen-bond donors (Lipinski definition) is 4. The number of nitrogens with zero attached hydrogens (tertiary/aromatic N) is 6. The number of anilines is 4. The van der Waals surface area contributed by atoms with Gasteiger partial charge in [0.2, 0.25) is 23.6 Å². The second-order valence-corrected chi connectivity index (χ2v) is 56.3. The molecule has 148 heavy (non-hydrogen) atoms. The summed E-state index contributed by atoms with van der Waals surface area (Å²) in [5.41, 5.74) is 26.6. The molecule has 0 atom stereocenters. The fourth-order valence-corrected chi connectivity index (χ4v) is 20.5. The molecule has 4 amide bonds. The number of nitrogens with one attached hydrogen (secondary N) is 2. The molecule has 0 unspecified atom stereocenters. The number of rotatable bonds is 10. The van der Waals surface area contributed by atoms with Crippen molar-refractivity contribution in [1.29, 1.82) is 0 Å². The maximum atomic E-state index is 12.3. The second kappa shape index (κ2) is 60.5. The van der Waals surface area contributed by atoms with Crippen LogP contribution in [0.3, 0.4) is 0 Å². The first kappa shape index (κ1) is 119. The van der Waals surface area contributed by atoms with E-state index in [0.717, 1.165) is 138 Å². The van der Waals surface area contributed by atoms with Gasteiger partial charge in [-0.1, -0.05) is 403 Å². The second-order valence-electron chi connectivity index (χ2n) is 36.6. The Hall–Kier alpha value is -14.6. The molecule has 19 rings (SSSR count). The summed E-state index contributed by atoms with van der Waals surface area (Å²) in [7, 11) is -1.31. The molecular weight excluding hydrogens is 2080 g/mol. The first-order valence-corrected chi connectivity index (χ1v) is 61.8. The van der Waals surface area contributed by atoms with Crippen molar-refractivity contribution in [2.45, 2.75) is 93.0 Å². The number of carboxylic acid groups (broad SMARTS) is 2. The molecule has 5 heterocycles. The number of hydrogen-bond acceptors (Lipinski definition) is 11. The number of carbonyl (C=O) groups excluding carboxylic acids is 4. The molecule has 17 nitrogen and oxygen atoms in total. The Morgan fingerprint density at radius 2 is 0.601 bits per heavy atom. The van der Waals surface area contributed by atoms with Crippen molar-refractivity contribution in [2.75, 3.05) is 73.9 Å². The molecule has 0 aromatic heterocycles. The summed E-state index contributed by atoms with van der Waals surface area (Å²) in [6.07, 6.45) is 13.2. The van der Waals surface area contributed by atoms with Crippen molar-refractivity contribution >= 4 is 169 Å². The molecule has 1 saturated heterocycles. The van der Waals surface area contributed by atoms with Crippen LogP contribution in [0.2, 0.25) is 58.9 Å². The molecule has 756 valence electrons. The van der Waals surface area contributed by atoms with E-state index in [2.05, 4.69) is 328 Å². The molecule has 0 radical (unpaired) electrons. The number of amides is 4. The summed E-state index contributed by atoms with van der Waals surface area (Å²) in [6, 6.07) is 128. The summed E-state index contributed by atoms with van der Waals surface area (Å²) in [6.45, 7) is 24.5. The van der Waals surface area contributed by atoms with Gasteiger partial charge < -0.3 is 35.4 Å². The number of benzodiazepines with no additional fused rings is 4. The van der Waals surface area contributed by atoms with E-state index in [-0.39, 0.29) is 77.7 Å². The predicted molar refractivity (Wildman–Crippen MR) is 630 cm³/mol. The standard InChI is InChI=1S/C21H22N2OSi.C20H20N2OSi.C18H14N2O.2C18H15P.C15H11BrN2O.C5H10Si.C4H8O.2C2H4O2.CH4.Pd/c1-23-19-11-10-16(12-13-25(2,3)4)14-18(19)21(22-15-20(23)24)17-8-6-5-7-9-17;1-24(2,3)12-11-15-9-10-18-17(13-15)20(21-14-19(23)22-18)16-7-5-4-6-8-16;1-3-13-9-10-16-15(11-13)18(14-7-5-4-6-8-14)19-12-17(21)20(16)2;2*1-4-10-16(11-5-1)19(17-12-6-2-7-13-17)18-14-8-3-9-15-18;16-11-6-7-13-12(8-11)15(17-9-14(19)18-13)10-4-2-1-3-5-10;1-5-6(2,3)4;1-2-4-5-3-1;2*1-2(3)4;;/h5-11,14H,15H2,1-4H3;4-10,13H,14H2,1-3H3,(H,22,23);1,4-11H,12H2,2H3;2*1-15H;1-8H,9H2,(H,18,19);1H,2-4H3;1-4H2;2*1H3,(H,3,4);1H4;. The zero-order valence-corrected chi connectivity index (χ0v) is 93.1. The molecule has 5 aliphatic rings. The van der Waals surface area contributed by atoms with Crippen LogP contribution in [0.1, 0.15) is 95.3 Å². The smallest absolute Gasteiger partial charge is 0.300 e. The molecular formula is C124H127BrN8O9P2PdSi3. The summed E-state index contributed by atoms with van der Waals surface area (Å²) < 4.78 is 5.91. The maximum absolute atomic E-state index is 12.3. The van der Waals surface area contributed by atoms with Gasteiger partial charge in [0.1, 0.15) is 50.4 Å². The van der Waals surface area contributed by atoms with Crippen LogP contribution in [0.4, 0.5) is 22.7 Å². The monoisotopic (exact) mass is 2200 g/mol. The summed E-state index contributed by atoms with van der Waals surface area (Å²) in [4.78, 5) is 87.4. The van der Waals surface area contributed by atoms with Gasteiger partial charge in [-0.2, -0.15) is 0 Å². The van der Waals surface area contributed by atoms with Crippen LogP contribution < -0.4 is 52.3 Å². The Kier molecular flexibility index (Phi) is 48.5. The molecule has 24 heteroatoms. The SMILES string of the molecule is C.C#C[Si](C)(C)C.C#Cc1ccc2c(c1)C(c1ccccc1)=NCC(=O)N2C.C1CCOC1.CC(=O)O.CC(=O)O.CN1C(=O)CN=C(c2ccccc2)c2cc(C#C[Si](C)(C)C)ccc21.C[Si](C)(C)C#Cc1ccc2c(c1)C(c1ccccc1)=NCC(=O)N2.O=C1CN=C(c2ccccc2)c2cc(Br)ccc2N1.[Pd].c1ccc(P(c2ccccc2)c2ccccc2)cc1.c1ccc(P(c2ccccc2)c2ccccc2)cc1. The third-order valence-electron chi connectivity index (χ3n) is 21.4. The number of carbonyl (C=O) groups is 6. The molecule has 0 saturated carbocycles. The van der Waals surface area contributed by atoms with Crippen LogP contribution in [0.15, 0.2) is 401 Å². The Morgan fingerprint density at radius 3 is 0.872 bits per heavy atom. The van der Waals surface area contributed by atoms with Gasteiger partial charge in [-0.3, -0.25) is 48.7 Å². The van der Waals surface area contributed by atoms with Gasteiger partial charge in [0.15, 0.2) is 0 Å². The first-order valence-electron chi connectivity index (χ1n) is 47.8. The van der Waals surface area contributed by atoms with Crippen LogP contribution in [0.25, 0.3) is 0 Å². The van der Waals surface area contributed by atoms with E-state index in [4.69, 9.17) is 37.4 Å². The van der Waals surface area contributed by atoms with Crippen LogP contribution in [-0.2, 0) is 53.9 Å². The normalized spacial score (nSPS) is 12.7. The topological polar surface area (TPSA) is 232 Å². The zero-order chi connectivity index (χ0) is 105. The minimum absolute atomic E-state index is 0. The van der Waals surface area contributed by atoms with Crippen molar-refractivity contribution in [1.82, 2.24) is 0 Å². The van der Waals surface area contributed by atoms with Gasteiger partial charge in [0, 0.05) is 127 Å². The number of fused-ring (bicyclic) bond motifs is 4. The van der Waals surface area contributed by atoms with E-state index in [9.17, 15) is 19.2 Å². The van der Waals surface area contributed by atoms with Crippen LogP contribution in [0.5, 0.6) is 0 Å². The molecule has 0 bridgehead atoms. The average Bonchev–Trinajstić information content (AvgIpc) is 1.58. The number of benzene rings is 14. The number of carboxylic acids is 2. The third kappa shape index (κ3) is 39.0. The van der Waals surface area contributed by atoms with E-state index >= 15 is 0 Å². The van der Waals surface area contributed by atoms with E-state index < -0.39 is 52.0 Å². The van der Waals surface area contributed by atoms with E-state index in [1.54, 1.807) is 23.9 Å². The van der Waals surface area contributed by atoms with Crippen molar-refractivity contribution in [3.05, 3.63) is 442 Å². The van der Waals surface area contributed by atoms with E-state index in [1.165, 1.54) is 44.7 Å². The number of aliphatic imine (C=N–C) groups is 4. The molecule has 14 aromatic carbocycles. The molecule has 4 N–H and O–H groups in total. The Labute approximate surface area is 901 Å². The number of likely N-dealkylation sites (N-methyl/N-ethyl adjacent to an activating group) is 2. The Balaban J connectivity index is 0.000000208. The van der Waals surface area contributed by atoms with Crippen molar-refractivity contribution in [3.8, 4) is 47.2 Å². The minimum Gasteiger partial charge on any atom is -0.481 e. The maximum Gasteiger partial charge on any atom is 0.300 e. The first-order chi connectivity index (χ1) is 70.1. The van der Waals surface area contributed by atoms with Gasteiger partial charge in [-0.25, -0.2) is 0 Å². The van der Waals surface area contributed by atoms with Crippen molar-refractivity contribution < 1.29 is 64.1 Å². The fourth-order valence-electron chi connectivity index (χ4n) is 14.5. The van der Waals surface area contributed by atoms with E-state index in [1.807, 2.05) is 188 Å². The summed E-state index contributed by atoms with van der Waals surface area (Å²) in [5.74, 6) is 7.34. The number of aliphatic carboxylic acids is 2. The van der Waals surface area contributed by atoms with Crippen LogP contribution in [0, 0.1) is 47.2 Å². The Morgan fingerprint density at radius 1 is 0.358 bits per heavy atom. The third-order valence-corrected chi connectivity index (χ3v) is 29.4. The van der Waals surface area contributed by atoms with Crippen molar-refractivity contribution in [3.63, 3.8) is 0 Å². The van der Waals surface area contributed by atoms with Gasteiger partial charge >= 0.3 is 0 Å². The average molecular weight is 2210 g/mol. The van der Waals surface area contributed by atoms with Gasteiger partial charge in [0.05, 0.1) is 45.6 Å². The van der Waals surface area contributed by atoms with E-state index in [0.29, 0.717) is 0 Å². The number of halogens is 1. The van der Waals surface area contributed by atoms with Crippen LogP contribution in [-0.4, -0.2) is 146 Å². The number of ether oxygens (including phenoxy) is 1. The minimum atomic E-state index is -1.45. The van der Waals surface area contributed by atoms with Crippen LogP contribution >= 0.6 is 31.8 Å². The number of terminal acetylenes is 2. The van der Waals surface area contributed by atoms with Crippen molar-refractivity contribution in [2.24, 2.45) is 20.0 Å². The molecule has 1 fully saturated rings. The predicted octanol–water partition coefficient (Wildman–Crippen LogP) is 23.2. The zero-order valence-electron chi connectivity index (χ0n) is 85.1. The largest absolute Gasteiger partial charge is 0.481 e. The molecule has 5 aliphatic heterocycles. The summed E-state index contributed by atoms with van der Waals surface area (Å²) in [5, 5.41) is 29.0. The molecule has 0 aliphatic carbocycles. The molecule has 0 spiro atoms. The van der Waals surface area contributed by atoms with Gasteiger partial charge in [-0.15, -0.1) is 29.5 Å².